The van der Waals surface area contributed by atoms with Crippen molar-refractivity contribution in [2.75, 3.05) is 5.32 Å². The summed E-state index contributed by atoms with van der Waals surface area (Å²) in [5.41, 5.74) is 0.682. The molecule has 3 aromatic rings. The maximum atomic E-state index is 13.7. The topological polar surface area (TPSA) is 55.1 Å². The Bertz CT molecular complexity index is 802. The van der Waals surface area contributed by atoms with Gasteiger partial charge in [-0.15, -0.1) is 0 Å². The molecule has 0 aliphatic carbocycles. The number of benzene rings is 1. The van der Waals surface area contributed by atoms with Gasteiger partial charge in [0.15, 0.2) is 0 Å². The maximum absolute atomic E-state index is 13.7. The molecule has 0 bridgehead atoms. The molecule has 102 valence electrons. The van der Waals surface area contributed by atoms with E-state index in [2.05, 4.69) is 20.4 Å². The minimum absolute atomic E-state index is 0.105. The van der Waals surface area contributed by atoms with Gasteiger partial charge in [-0.3, -0.25) is 0 Å². The minimum Gasteiger partial charge on any atom is -0.337 e. The highest BCUT2D eigenvalue weighted by Gasteiger charge is 2.14. The highest BCUT2D eigenvalue weighted by molar-refractivity contribution is 6.30. The quantitative estimate of drug-likeness (QED) is 0.738. The largest absolute Gasteiger partial charge is 0.337 e. The van der Waals surface area contributed by atoms with Crippen LogP contribution in [0.4, 0.5) is 20.3 Å². The third-order valence-electron chi connectivity index (χ3n) is 2.79. The zero-order valence-corrected chi connectivity index (χ0v) is 11.0. The minimum atomic E-state index is -0.717. The smallest absolute Gasteiger partial charge is 0.255 e. The Morgan fingerprint density at radius 3 is 2.85 bits per heavy atom. The van der Waals surface area contributed by atoms with Crippen LogP contribution in [0.1, 0.15) is 5.56 Å². The predicted octanol–water partition coefficient (Wildman–Crippen LogP) is 3.11. The van der Waals surface area contributed by atoms with Crippen molar-refractivity contribution >= 4 is 28.9 Å². The van der Waals surface area contributed by atoms with Gasteiger partial charge in [-0.2, -0.15) is 19.6 Å². The van der Waals surface area contributed by atoms with Gasteiger partial charge in [0.2, 0.25) is 0 Å². The molecule has 0 unspecified atom stereocenters. The van der Waals surface area contributed by atoms with Crippen LogP contribution in [0.2, 0.25) is 5.15 Å². The summed E-state index contributed by atoms with van der Waals surface area (Å²) in [5.74, 6) is -0.664. The molecule has 0 amide bonds. The molecule has 3 rings (SSSR count). The van der Waals surface area contributed by atoms with Gasteiger partial charge < -0.3 is 5.32 Å². The fraction of sp³-hybridized carbons (Fsp3) is 0.0833. The first-order valence-corrected chi connectivity index (χ1v) is 6.02. The molecule has 0 aliphatic rings. The number of hydrogen-bond donors (Lipinski definition) is 1. The molecule has 0 saturated carbocycles. The number of halogens is 3. The van der Waals surface area contributed by atoms with Crippen LogP contribution in [-0.2, 0) is 0 Å². The van der Waals surface area contributed by atoms with E-state index in [9.17, 15) is 8.78 Å². The number of anilines is 2. The maximum Gasteiger partial charge on any atom is 0.255 e. The lowest BCUT2D eigenvalue weighted by Crippen LogP contribution is -2.06. The molecule has 0 fully saturated rings. The molecule has 8 heteroatoms. The molecule has 2 aromatic heterocycles. The Labute approximate surface area is 117 Å². The highest BCUT2D eigenvalue weighted by atomic mass is 35.5. The molecule has 1 N–H and O–H groups in total. The van der Waals surface area contributed by atoms with E-state index in [0.29, 0.717) is 11.4 Å². The summed E-state index contributed by atoms with van der Waals surface area (Å²) in [7, 11) is 0. The fourth-order valence-electron chi connectivity index (χ4n) is 1.76. The van der Waals surface area contributed by atoms with Crippen molar-refractivity contribution in [2.45, 2.75) is 6.92 Å². The number of aromatic nitrogens is 4. The van der Waals surface area contributed by atoms with E-state index in [1.54, 1.807) is 6.92 Å². The normalized spacial score (nSPS) is 11.0. The van der Waals surface area contributed by atoms with Crippen LogP contribution < -0.4 is 5.32 Å². The van der Waals surface area contributed by atoms with E-state index in [1.807, 2.05) is 0 Å². The van der Waals surface area contributed by atoms with Gasteiger partial charge in [0.1, 0.15) is 28.9 Å². The molecule has 0 radical (unpaired) electrons. The first-order chi connectivity index (χ1) is 9.56. The van der Waals surface area contributed by atoms with Crippen molar-refractivity contribution in [1.82, 2.24) is 19.6 Å². The van der Waals surface area contributed by atoms with Crippen molar-refractivity contribution in [3.8, 4) is 0 Å². The van der Waals surface area contributed by atoms with Crippen LogP contribution in [0.5, 0.6) is 0 Å². The molecule has 0 spiro atoms. The standard InChI is InChI=1S/C12H8ClF2N5/c1-6-10(13)19-12-16-5-17-20(12)11(6)18-9-3-2-7(14)4-8(9)15/h2-5,18H,1H3. The van der Waals surface area contributed by atoms with E-state index in [0.717, 1.165) is 12.1 Å². The van der Waals surface area contributed by atoms with Gasteiger partial charge in [0.25, 0.3) is 5.78 Å². The summed E-state index contributed by atoms with van der Waals surface area (Å²) in [5, 5.41) is 7.05. The van der Waals surface area contributed by atoms with E-state index in [4.69, 9.17) is 11.6 Å². The third-order valence-corrected chi connectivity index (χ3v) is 3.16. The van der Waals surface area contributed by atoms with Crippen molar-refractivity contribution < 1.29 is 8.78 Å². The van der Waals surface area contributed by atoms with Crippen molar-refractivity contribution in [1.29, 1.82) is 0 Å². The highest BCUT2D eigenvalue weighted by Crippen LogP contribution is 2.26. The summed E-state index contributed by atoms with van der Waals surface area (Å²) in [6, 6.07) is 3.24. The predicted molar refractivity (Wildman–Crippen MR) is 70.2 cm³/mol. The Morgan fingerprint density at radius 1 is 1.30 bits per heavy atom. The van der Waals surface area contributed by atoms with E-state index < -0.39 is 11.6 Å². The third kappa shape index (κ3) is 2.05. The Balaban J connectivity index is 2.14. The lowest BCUT2D eigenvalue weighted by molar-refractivity contribution is 0.586. The van der Waals surface area contributed by atoms with Gasteiger partial charge >= 0.3 is 0 Å². The number of fused-ring (bicyclic) bond motifs is 1. The molecule has 20 heavy (non-hydrogen) atoms. The van der Waals surface area contributed by atoms with Crippen molar-refractivity contribution in [2.24, 2.45) is 0 Å². The first-order valence-electron chi connectivity index (χ1n) is 5.64. The van der Waals surface area contributed by atoms with Crippen molar-refractivity contribution in [3.63, 3.8) is 0 Å². The van der Waals surface area contributed by atoms with Crippen LogP contribution in [0, 0.1) is 18.6 Å². The zero-order chi connectivity index (χ0) is 14.3. The van der Waals surface area contributed by atoms with Crippen molar-refractivity contribution in [3.05, 3.63) is 46.9 Å². The lowest BCUT2D eigenvalue weighted by atomic mass is 10.2. The molecule has 2 heterocycles. The molecular formula is C12H8ClF2N5. The second-order valence-corrected chi connectivity index (χ2v) is 4.46. The summed E-state index contributed by atoms with van der Waals surface area (Å²) in [6.07, 6.45) is 1.31. The summed E-state index contributed by atoms with van der Waals surface area (Å²) >= 11 is 5.99. The second kappa shape index (κ2) is 4.68. The number of nitrogens with one attached hydrogen (secondary N) is 1. The summed E-state index contributed by atoms with van der Waals surface area (Å²) in [6.45, 7) is 1.71. The lowest BCUT2D eigenvalue weighted by Gasteiger charge is -2.12. The van der Waals surface area contributed by atoms with Gasteiger partial charge in [0.05, 0.1) is 5.69 Å². The summed E-state index contributed by atoms with van der Waals surface area (Å²) in [4.78, 5) is 7.96. The van der Waals surface area contributed by atoms with Crippen LogP contribution >= 0.6 is 11.6 Å². The molecule has 1 aromatic carbocycles. The number of rotatable bonds is 2. The SMILES string of the molecule is Cc1c(Cl)nc2ncnn2c1Nc1ccc(F)cc1F. The van der Waals surface area contributed by atoms with E-state index >= 15 is 0 Å². The summed E-state index contributed by atoms with van der Waals surface area (Å²) < 4.78 is 28.0. The molecule has 0 atom stereocenters. The zero-order valence-electron chi connectivity index (χ0n) is 10.2. The van der Waals surface area contributed by atoms with E-state index in [1.165, 1.54) is 16.9 Å². The average molecular weight is 296 g/mol. The van der Waals surface area contributed by atoms with Crippen LogP contribution in [-0.4, -0.2) is 19.6 Å². The van der Waals surface area contributed by atoms with E-state index in [-0.39, 0.29) is 16.6 Å². The van der Waals surface area contributed by atoms with Crippen LogP contribution in [0.3, 0.4) is 0 Å². The molecule has 0 aliphatic heterocycles. The van der Waals surface area contributed by atoms with Crippen LogP contribution in [0.15, 0.2) is 24.5 Å². The fourth-order valence-corrected chi connectivity index (χ4v) is 1.93. The second-order valence-electron chi connectivity index (χ2n) is 4.10. The number of hydrogen-bond acceptors (Lipinski definition) is 4. The molecule has 0 saturated heterocycles. The Morgan fingerprint density at radius 2 is 2.10 bits per heavy atom. The number of nitrogens with zero attached hydrogens (tertiary/aromatic N) is 4. The van der Waals surface area contributed by atoms with Gasteiger partial charge in [-0.25, -0.2) is 8.78 Å². The Kier molecular flexibility index (Phi) is 2.98. The van der Waals surface area contributed by atoms with Gasteiger partial charge in [-0.1, -0.05) is 11.6 Å². The monoisotopic (exact) mass is 295 g/mol. The van der Waals surface area contributed by atoms with Gasteiger partial charge in [0, 0.05) is 11.6 Å². The first kappa shape index (κ1) is 12.7. The van der Waals surface area contributed by atoms with Gasteiger partial charge in [-0.05, 0) is 19.1 Å². The molecule has 5 nitrogen and oxygen atoms in total. The molecular weight excluding hydrogens is 288 g/mol. The average Bonchev–Trinajstić information content (AvgIpc) is 2.85. The Hall–Kier alpha value is -2.28. The van der Waals surface area contributed by atoms with Crippen LogP contribution in [0.25, 0.3) is 5.78 Å².